The topological polar surface area (TPSA) is 12.0 Å². The van der Waals surface area contributed by atoms with Gasteiger partial charge in [-0.1, -0.05) is 6.07 Å². The normalized spacial score (nSPS) is 10.2. The van der Waals surface area contributed by atoms with E-state index in [0.717, 1.165) is 12.1 Å². The Morgan fingerprint density at radius 3 is 2.25 bits per heavy atom. The van der Waals surface area contributed by atoms with Gasteiger partial charge in [-0.3, -0.25) is 0 Å². The zero-order chi connectivity index (χ0) is 11.5. The van der Waals surface area contributed by atoms with Crippen LogP contribution < -0.4 is 5.32 Å². The van der Waals surface area contributed by atoms with Gasteiger partial charge in [-0.15, -0.1) is 0 Å². The highest BCUT2D eigenvalue weighted by molar-refractivity contribution is 5.59. The van der Waals surface area contributed by atoms with Gasteiger partial charge in [0, 0.05) is 11.8 Å². The van der Waals surface area contributed by atoms with Gasteiger partial charge in [-0.05, 0) is 30.3 Å². The summed E-state index contributed by atoms with van der Waals surface area (Å²) in [5.74, 6) is -1.79. The summed E-state index contributed by atoms with van der Waals surface area (Å²) >= 11 is 0. The van der Waals surface area contributed by atoms with E-state index in [2.05, 4.69) is 5.32 Å². The standard InChI is InChI=1S/C12H8F3N/c13-8-2-1-3-10(6-8)16-12-5-4-9(14)7-11(12)15/h1-7,16H. The van der Waals surface area contributed by atoms with Crippen molar-refractivity contribution in [3.8, 4) is 0 Å². The Balaban J connectivity index is 2.27. The summed E-state index contributed by atoms with van der Waals surface area (Å²) in [6.07, 6.45) is 0. The van der Waals surface area contributed by atoms with Crippen molar-refractivity contribution in [2.75, 3.05) is 5.32 Å². The number of benzene rings is 2. The molecular weight excluding hydrogens is 215 g/mol. The molecule has 2 rings (SSSR count). The van der Waals surface area contributed by atoms with Crippen LogP contribution in [0, 0.1) is 17.5 Å². The third-order valence-corrected chi connectivity index (χ3v) is 2.03. The van der Waals surface area contributed by atoms with Crippen molar-refractivity contribution in [1.82, 2.24) is 0 Å². The Labute approximate surface area is 90.5 Å². The van der Waals surface area contributed by atoms with Gasteiger partial charge in [0.15, 0.2) is 0 Å². The molecule has 0 unspecified atom stereocenters. The van der Waals surface area contributed by atoms with Gasteiger partial charge >= 0.3 is 0 Å². The number of rotatable bonds is 2. The fourth-order valence-electron chi connectivity index (χ4n) is 1.31. The highest BCUT2D eigenvalue weighted by atomic mass is 19.1. The highest BCUT2D eigenvalue weighted by Crippen LogP contribution is 2.20. The van der Waals surface area contributed by atoms with Gasteiger partial charge < -0.3 is 5.32 Å². The molecule has 16 heavy (non-hydrogen) atoms. The Bertz CT molecular complexity index is 511. The smallest absolute Gasteiger partial charge is 0.149 e. The first-order valence-corrected chi connectivity index (χ1v) is 4.63. The van der Waals surface area contributed by atoms with Crippen LogP contribution in [0.4, 0.5) is 24.5 Å². The van der Waals surface area contributed by atoms with E-state index in [1.165, 1.54) is 24.3 Å². The summed E-state index contributed by atoms with van der Waals surface area (Å²) in [5.41, 5.74) is 0.512. The van der Waals surface area contributed by atoms with Crippen molar-refractivity contribution >= 4 is 11.4 Å². The Morgan fingerprint density at radius 1 is 0.812 bits per heavy atom. The molecular formula is C12H8F3N. The molecule has 1 nitrogen and oxygen atoms in total. The quantitative estimate of drug-likeness (QED) is 0.815. The Hall–Kier alpha value is -1.97. The van der Waals surface area contributed by atoms with Crippen molar-refractivity contribution in [3.05, 3.63) is 59.9 Å². The van der Waals surface area contributed by atoms with Gasteiger partial charge in [0.25, 0.3) is 0 Å². The maximum atomic E-state index is 13.2. The second kappa shape index (κ2) is 4.26. The molecule has 0 saturated carbocycles. The number of nitrogens with one attached hydrogen (secondary N) is 1. The van der Waals surface area contributed by atoms with Gasteiger partial charge in [-0.2, -0.15) is 0 Å². The van der Waals surface area contributed by atoms with Crippen molar-refractivity contribution in [3.63, 3.8) is 0 Å². The first kappa shape index (κ1) is 10.5. The Morgan fingerprint density at radius 2 is 1.56 bits per heavy atom. The summed E-state index contributed by atoms with van der Waals surface area (Å²) < 4.78 is 38.7. The van der Waals surface area contributed by atoms with Gasteiger partial charge in [-0.25, -0.2) is 13.2 Å². The minimum absolute atomic E-state index is 0.104. The first-order valence-electron chi connectivity index (χ1n) is 4.63. The second-order valence-corrected chi connectivity index (χ2v) is 3.26. The highest BCUT2D eigenvalue weighted by Gasteiger charge is 2.04. The van der Waals surface area contributed by atoms with E-state index in [9.17, 15) is 13.2 Å². The summed E-state index contributed by atoms with van der Waals surface area (Å²) in [6.45, 7) is 0. The zero-order valence-corrected chi connectivity index (χ0v) is 8.18. The maximum Gasteiger partial charge on any atom is 0.149 e. The molecule has 0 aliphatic rings. The zero-order valence-electron chi connectivity index (χ0n) is 8.18. The number of hydrogen-bond acceptors (Lipinski definition) is 1. The molecule has 4 heteroatoms. The third-order valence-electron chi connectivity index (χ3n) is 2.03. The SMILES string of the molecule is Fc1cccc(Nc2ccc(F)cc2F)c1. The number of halogens is 3. The first-order chi connectivity index (χ1) is 7.65. The van der Waals surface area contributed by atoms with Crippen LogP contribution in [-0.4, -0.2) is 0 Å². The van der Waals surface area contributed by atoms with E-state index in [1.54, 1.807) is 6.07 Å². The molecule has 0 atom stereocenters. The predicted octanol–water partition coefficient (Wildman–Crippen LogP) is 3.85. The fourth-order valence-corrected chi connectivity index (χ4v) is 1.31. The van der Waals surface area contributed by atoms with Crippen LogP contribution in [0.2, 0.25) is 0 Å². The van der Waals surface area contributed by atoms with E-state index in [1.807, 2.05) is 0 Å². The molecule has 1 N–H and O–H groups in total. The molecule has 0 aliphatic heterocycles. The molecule has 82 valence electrons. The van der Waals surface area contributed by atoms with Crippen LogP contribution in [0.1, 0.15) is 0 Å². The van der Waals surface area contributed by atoms with E-state index in [-0.39, 0.29) is 5.69 Å². The van der Waals surface area contributed by atoms with Crippen LogP contribution in [-0.2, 0) is 0 Å². The van der Waals surface area contributed by atoms with Crippen molar-refractivity contribution in [1.29, 1.82) is 0 Å². The molecule has 2 aromatic carbocycles. The van der Waals surface area contributed by atoms with Gasteiger partial charge in [0.1, 0.15) is 17.5 Å². The van der Waals surface area contributed by atoms with Crippen molar-refractivity contribution in [2.45, 2.75) is 0 Å². The minimum Gasteiger partial charge on any atom is -0.353 e. The van der Waals surface area contributed by atoms with E-state index < -0.39 is 17.5 Å². The molecule has 0 spiro atoms. The van der Waals surface area contributed by atoms with E-state index in [4.69, 9.17) is 0 Å². The largest absolute Gasteiger partial charge is 0.353 e. The molecule has 2 aromatic rings. The lowest BCUT2D eigenvalue weighted by Crippen LogP contribution is -1.94. The van der Waals surface area contributed by atoms with Crippen LogP contribution >= 0.6 is 0 Å². The summed E-state index contributed by atoms with van der Waals surface area (Å²) in [7, 11) is 0. The summed E-state index contributed by atoms with van der Waals surface area (Å²) in [6, 6.07) is 8.75. The van der Waals surface area contributed by atoms with Crippen LogP contribution in [0.15, 0.2) is 42.5 Å². The molecule has 0 saturated heterocycles. The van der Waals surface area contributed by atoms with Crippen molar-refractivity contribution < 1.29 is 13.2 Å². The van der Waals surface area contributed by atoms with Crippen LogP contribution in [0.25, 0.3) is 0 Å². The molecule has 0 heterocycles. The van der Waals surface area contributed by atoms with Crippen LogP contribution in [0.5, 0.6) is 0 Å². The monoisotopic (exact) mass is 223 g/mol. The molecule has 0 aromatic heterocycles. The Kier molecular flexibility index (Phi) is 2.81. The lowest BCUT2D eigenvalue weighted by atomic mass is 10.2. The maximum absolute atomic E-state index is 13.2. The van der Waals surface area contributed by atoms with Gasteiger partial charge in [0.2, 0.25) is 0 Å². The minimum atomic E-state index is -0.718. The second-order valence-electron chi connectivity index (χ2n) is 3.26. The number of anilines is 2. The van der Waals surface area contributed by atoms with Crippen molar-refractivity contribution in [2.24, 2.45) is 0 Å². The summed E-state index contributed by atoms with van der Waals surface area (Å²) in [5, 5.41) is 2.66. The lowest BCUT2D eigenvalue weighted by molar-refractivity contribution is 0.586. The molecule has 0 fully saturated rings. The third kappa shape index (κ3) is 2.34. The predicted molar refractivity (Wildman–Crippen MR) is 56.0 cm³/mol. The average Bonchev–Trinajstić information content (AvgIpc) is 2.22. The molecule has 0 amide bonds. The van der Waals surface area contributed by atoms with E-state index in [0.29, 0.717) is 5.69 Å². The lowest BCUT2D eigenvalue weighted by Gasteiger charge is -2.07. The number of hydrogen-bond donors (Lipinski definition) is 1. The van der Waals surface area contributed by atoms with Gasteiger partial charge in [0.05, 0.1) is 5.69 Å². The molecule has 0 bridgehead atoms. The van der Waals surface area contributed by atoms with E-state index >= 15 is 0 Å². The fraction of sp³-hybridized carbons (Fsp3) is 0. The molecule has 0 aliphatic carbocycles. The molecule has 0 radical (unpaired) electrons. The average molecular weight is 223 g/mol. The van der Waals surface area contributed by atoms with Crippen LogP contribution in [0.3, 0.4) is 0 Å². The summed E-state index contributed by atoms with van der Waals surface area (Å²) in [4.78, 5) is 0.